The molecule has 0 bridgehead atoms. The molecule has 0 spiro atoms. The first-order valence-electron chi connectivity index (χ1n) is 5.25. The third kappa shape index (κ3) is 2.80. The molecule has 82 valence electrons. The zero-order valence-electron chi connectivity index (χ0n) is 9.15. The van der Waals surface area contributed by atoms with Crippen molar-refractivity contribution in [1.29, 1.82) is 5.26 Å². The SMILES string of the molecule is C=CC(=O)N1CCN(CC)CC1CC#N. The van der Waals surface area contributed by atoms with E-state index in [-0.39, 0.29) is 11.9 Å². The second-order valence-corrected chi connectivity index (χ2v) is 3.65. The van der Waals surface area contributed by atoms with Gasteiger partial charge in [-0.15, -0.1) is 0 Å². The molecule has 1 atom stereocenters. The predicted octanol–water partition coefficient (Wildman–Crippen LogP) is 0.619. The lowest BCUT2D eigenvalue weighted by Gasteiger charge is -2.39. The van der Waals surface area contributed by atoms with Crippen LogP contribution >= 0.6 is 0 Å². The van der Waals surface area contributed by atoms with Crippen LogP contribution in [0.15, 0.2) is 12.7 Å². The zero-order valence-corrected chi connectivity index (χ0v) is 9.15. The summed E-state index contributed by atoms with van der Waals surface area (Å²) in [5.74, 6) is -0.0639. The average molecular weight is 207 g/mol. The molecule has 15 heavy (non-hydrogen) atoms. The molecule has 0 radical (unpaired) electrons. The van der Waals surface area contributed by atoms with Crippen molar-refractivity contribution < 1.29 is 4.79 Å². The Labute approximate surface area is 90.8 Å². The van der Waals surface area contributed by atoms with E-state index in [9.17, 15) is 4.79 Å². The number of carbonyl (C=O) groups is 1. The molecular formula is C11H17N3O. The van der Waals surface area contributed by atoms with Gasteiger partial charge in [0, 0.05) is 19.6 Å². The smallest absolute Gasteiger partial charge is 0.246 e. The number of carbonyl (C=O) groups excluding carboxylic acids is 1. The number of rotatable bonds is 3. The minimum atomic E-state index is -0.0639. The maximum absolute atomic E-state index is 11.5. The minimum absolute atomic E-state index is 0.0224. The summed E-state index contributed by atoms with van der Waals surface area (Å²) in [6.07, 6.45) is 1.72. The molecule has 4 nitrogen and oxygen atoms in total. The molecule has 0 aromatic carbocycles. The van der Waals surface area contributed by atoms with Crippen molar-refractivity contribution in [1.82, 2.24) is 9.80 Å². The molecule has 0 aromatic heterocycles. The van der Waals surface area contributed by atoms with Crippen LogP contribution in [0.2, 0.25) is 0 Å². The molecule has 0 N–H and O–H groups in total. The van der Waals surface area contributed by atoms with E-state index >= 15 is 0 Å². The lowest BCUT2D eigenvalue weighted by Crippen LogP contribution is -2.54. The van der Waals surface area contributed by atoms with Crippen LogP contribution in [0.5, 0.6) is 0 Å². The van der Waals surface area contributed by atoms with Gasteiger partial charge in [0.05, 0.1) is 18.5 Å². The van der Waals surface area contributed by atoms with Crippen LogP contribution < -0.4 is 0 Å². The summed E-state index contributed by atoms with van der Waals surface area (Å²) in [4.78, 5) is 15.5. The molecule has 0 aromatic rings. The van der Waals surface area contributed by atoms with Gasteiger partial charge >= 0.3 is 0 Å². The summed E-state index contributed by atoms with van der Waals surface area (Å²) in [5.41, 5.74) is 0. The van der Waals surface area contributed by atoms with E-state index < -0.39 is 0 Å². The summed E-state index contributed by atoms with van der Waals surface area (Å²) in [7, 11) is 0. The molecule has 0 saturated carbocycles. The second-order valence-electron chi connectivity index (χ2n) is 3.65. The third-order valence-electron chi connectivity index (χ3n) is 2.80. The average Bonchev–Trinajstić information content (AvgIpc) is 2.28. The lowest BCUT2D eigenvalue weighted by molar-refractivity contribution is -0.130. The third-order valence-corrected chi connectivity index (χ3v) is 2.80. The predicted molar refractivity (Wildman–Crippen MR) is 58.0 cm³/mol. The molecular weight excluding hydrogens is 190 g/mol. The van der Waals surface area contributed by atoms with Crippen molar-refractivity contribution in [3.63, 3.8) is 0 Å². The lowest BCUT2D eigenvalue weighted by atomic mass is 10.1. The minimum Gasteiger partial charge on any atom is -0.333 e. The van der Waals surface area contributed by atoms with Gasteiger partial charge in [-0.2, -0.15) is 5.26 Å². The molecule has 1 unspecified atom stereocenters. The van der Waals surface area contributed by atoms with E-state index in [0.29, 0.717) is 13.0 Å². The molecule has 1 heterocycles. The Morgan fingerprint density at radius 2 is 2.40 bits per heavy atom. The molecule has 1 aliphatic rings. The van der Waals surface area contributed by atoms with Gasteiger partial charge in [0.25, 0.3) is 0 Å². The van der Waals surface area contributed by atoms with Gasteiger partial charge in [-0.3, -0.25) is 9.69 Å². The van der Waals surface area contributed by atoms with E-state index in [1.54, 1.807) is 4.90 Å². The van der Waals surface area contributed by atoms with E-state index in [2.05, 4.69) is 24.5 Å². The quantitative estimate of drug-likeness (QED) is 0.637. The van der Waals surface area contributed by atoms with Gasteiger partial charge < -0.3 is 4.90 Å². The van der Waals surface area contributed by atoms with Gasteiger partial charge in [-0.1, -0.05) is 13.5 Å². The van der Waals surface area contributed by atoms with Crippen LogP contribution in [0.4, 0.5) is 0 Å². The Hall–Kier alpha value is -1.34. The second kappa shape index (κ2) is 5.52. The number of hydrogen-bond acceptors (Lipinski definition) is 3. The standard InChI is InChI=1S/C11H17N3O/c1-3-11(15)14-8-7-13(4-2)9-10(14)5-6-12/h3,10H,1,4-5,7-9H2,2H3. The van der Waals surface area contributed by atoms with Gasteiger partial charge in [0.2, 0.25) is 5.91 Å². The van der Waals surface area contributed by atoms with Crippen LogP contribution in [-0.2, 0) is 4.79 Å². The monoisotopic (exact) mass is 207 g/mol. The summed E-state index contributed by atoms with van der Waals surface area (Å²) >= 11 is 0. The van der Waals surface area contributed by atoms with E-state index in [1.165, 1.54) is 6.08 Å². The summed E-state index contributed by atoms with van der Waals surface area (Å²) in [6.45, 7) is 8.93. The fourth-order valence-electron chi connectivity index (χ4n) is 1.89. The normalized spacial score (nSPS) is 22.1. The molecule has 1 fully saturated rings. The van der Waals surface area contributed by atoms with Gasteiger partial charge in [-0.05, 0) is 12.6 Å². The molecule has 1 aliphatic heterocycles. The summed E-state index contributed by atoms with van der Waals surface area (Å²) in [6, 6.07) is 2.16. The Kier molecular flexibility index (Phi) is 4.32. The van der Waals surface area contributed by atoms with E-state index in [1.807, 2.05) is 0 Å². The van der Waals surface area contributed by atoms with Crippen LogP contribution in [0.25, 0.3) is 0 Å². The number of nitriles is 1. The first kappa shape index (κ1) is 11.7. The van der Waals surface area contributed by atoms with Crippen molar-refractivity contribution in [3.05, 3.63) is 12.7 Å². The van der Waals surface area contributed by atoms with Gasteiger partial charge in [0.15, 0.2) is 0 Å². The van der Waals surface area contributed by atoms with Crippen LogP contribution in [0, 0.1) is 11.3 Å². The number of amides is 1. The maximum atomic E-state index is 11.5. The Morgan fingerprint density at radius 1 is 1.67 bits per heavy atom. The molecule has 1 amide bonds. The van der Waals surface area contributed by atoms with Gasteiger partial charge in [0.1, 0.15) is 0 Å². The first-order valence-corrected chi connectivity index (χ1v) is 5.25. The molecule has 1 rings (SSSR count). The first-order chi connectivity index (χ1) is 7.22. The van der Waals surface area contributed by atoms with Crippen LogP contribution in [0.3, 0.4) is 0 Å². The van der Waals surface area contributed by atoms with Crippen LogP contribution in [0.1, 0.15) is 13.3 Å². The molecule has 4 heteroatoms. The Bertz CT molecular complexity index is 282. The van der Waals surface area contributed by atoms with Crippen molar-refractivity contribution in [2.24, 2.45) is 0 Å². The fraction of sp³-hybridized carbons (Fsp3) is 0.636. The molecule has 1 saturated heterocycles. The highest BCUT2D eigenvalue weighted by Gasteiger charge is 2.28. The Morgan fingerprint density at radius 3 is 2.93 bits per heavy atom. The number of nitrogens with zero attached hydrogens (tertiary/aromatic N) is 3. The summed E-state index contributed by atoms with van der Waals surface area (Å²) < 4.78 is 0. The highest BCUT2D eigenvalue weighted by atomic mass is 16.2. The zero-order chi connectivity index (χ0) is 11.3. The highest BCUT2D eigenvalue weighted by molar-refractivity contribution is 5.87. The van der Waals surface area contributed by atoms with Crippen LogP contribution in [-0.4, -0.2) is 47.9 Å². The molecule has 0 aliphatic carbocycles. The fourth-order valence-corrected chi connectivity index (χ4v) is 1.89. The van der Waals surface area contributed by atoms with Crippen molar-refractivity contribution in [2.45, 2.75) is 19.4 Å². The van der Waals surface area contributed by atoms with E-state index in [4.69, 9.17) is 5.26 Å². The number of hydrogen-bond donors (Lipinski definition) is 0. The van der Waals surface area contributed by atoms with Crippen molar-refractivity contribution >= 4 is 5.91 Å². The largest absolute Gasteiger partial charge is 0.333 e. The van der Waals surface area contributed by atoms with E-state index in [0.717, 1.165) is 19.6 Å². The topological polar surface area (TPSA) is 47.3 Å². The summed E-state index contributed by atoms with van der Waals surface area (Å²) in [5, 5.41) is 8.72. The number of likely N-dealkylation sites (N-methyl/N-ethyl adjacent to an activating group) is 1. The van der Waals surface area contributed by atoms with Gasteiger partial charge in [-0.25, -0.2) is 0 Å². The Balaban J connectivity index is 2.67. The highest BCUT2D eigenvalue weighted by Crippen LogP contribution is 2.12. The van der Waals surface area contributed by atoms with Crippen molar-refractivity contribution in [2.75, 3.05) is 26.2 Å². The number of piperazine rings is 1. The maximum Gasteiger partial charge on any atom is 0.246 e. The van der Waals surface area contributed by atoms with Crippen molar-refractivity contribution in [3.8, 4) is 6.07 Å².